The van der Waals surface area contributed by atoms with Gasteiger partial charge in [-0.25, -0.2) is 9.97 Å². The van der Waals surface area contributed by atoms with Crippen molar-refractivity contribution in [3.63, 3.8) is 0 Å². The lowest BCUT2D eigenvalue weighted by Crippen LogP contribution is -2.46. The van der Waals surface area contributed by atoms with E-state index in [1.807, 2.05) is 37.3 Å². The molecule has 0 radical (unpaired) electrons. The summed E-state index contributed by atoms with van der Waals surface area (Å²) in [5.74, 6) is 1.59. The molecular weight excluding hydrogens is 376 g/mol. The van der Waals surface area contributed by atoms with Gasteiger partial charge in [0, 0.05) is 31.7 Å². The Morgan fingerprint density at radius 1 is 1.07 bits per heavy atom. The van der Waals surface area contributed by atoms with Crippen molar-refractivity contribution in [1.82, 2.24) is 19.4 Å². The number of aryl methyl sites for hydroxylation is 1. The van der Waals surface area contributed by atoms with Gasteiger partial charge in [-0.3, -0.25) is 9.36 Å². The third-order valence-corrected chi connectivity index (χ3v) is 6.48. The van der Waals surface area contributed by atoms with E-state index in [1.165, 1.54) is 19.3 Å². The van der Waals surface area contributed by atoms with E-state index in [0.29, 0.717) is 17.5 Å². The van der Waals surface area contributed by atoms with Crippen LogP contribution in [-0.4, -0.2) is 44.7 Å². The number of hydrogen-bond donors (Lipinski definition) is 0. The summed E-state index contributed by atoms with van der Waals surface area (Å²) in [5, 5.41) is 0. The second-order valence-corrected chi connectivity index (χ2v) is 8.33. The number of nitrogens with zero attached hydrogens (tertiary/aromatic N) is 4. The number of aromatic nitrogens is 3. The zero-order valence-corrected chi connectivity index (χ0v) is 17.5. The van der Waals surface area contributed by atoms with Crippen molar-refractivity contribution >= 4 is 11.0 Å². The second kappa shape index (κ2) is 8.19. The summed E-state index contributed by atoms with van der Waals surface area (Å²) in [6, 6.07) is 12.3. The monoisotopic (exact) mass is 404 g/mol. The van der Waals surface area contributed by atoms with Crippen molar-refractivity contribution < 1.29 is 4.74 Å². The van der Waals surface area contributed by atoms with E-state index in [9.17, 15) is 4.79 Å². The Morgan fingerprint density at radius 3 is 2.50 bits per heavy atom. The summed E-state index contributed by atoms with van der Waals surface area (Å²) in [5.41, 5.74) is 1.70. The first kappa shape index (κ1) is 19.2. The molecule has 0 atom stereocenters. The Bertz CT molecular complexity index is 1080. The maximum Gasteiger partial charge on any atom is 0.284 e. The first-order valence-corrected chi connectivity index (χ1v) is 11.1. The van der Waals surface area contributed by atoms with Gasteiger partial charge in [0.05, 0.1) is 11.2 Å². The zero-order chi connectivity index (χ0) is 20.5. The van der Waals surface area contributed by atoms with Crippen molar-refractivity contribution in [2.45, 2.75) is 57.6 Å². The normalized spacial score (nSPS) is 18.4. The molecule has 2 fully saturated rings. The van der Waals surface area contributed by atoms with Crippen LogP contribution in [0, 0.1) is 0 Å². The molecule has 6 heteroatoms. The lowest BCUT2D eigenvalue weighted by Gasteiger charge is -2.41. The summed E-state index contributed by atoms with van der Waals surface area (Å²) in [7, 11) is 0. The van der Waals surface area contributed by atoms with Gasteiger partial charge in [0.2, 0.25) is 0 Å². The van der Waals surface area contributed by atoms with Crippen molar-refractivity contribution in [3.8, 4) is 11.4 Å². The minimum absolute atomic E-state index is 0.130. The maximum atomic E-state index is 13.1. The standard InChI is InChI=1S/C24H28N4O2/c1-2-22-26-21-7-4-14-25-23(21)24(29)28(22)18-8-10-19(11-9-18)30-20-12-15-27(16-13-20)17-5-3-6-17/h4,7-11,14,17,20H,2-3,5-6,12-13,15-16H2,1H3. The summed E-state index contributed by atoms with van der Waals surface area (Å²) in [4.78, 5) is 24.6. The summed E-state index contributed by atoms with van der Waals surface area (Å²) in [6.45, 7) is 4.28. The van der Waals surface area contributed by atoms with Crippen LogP contribution in [0.4, 0.5) is 0 Å². The first-order chi connectivity index (χ1) is 14.7. The number of ether oxygens (including phenoxy) is 1. The number of benzene rings is 1. The molecule has 0 spiro atoms. The van der Waals surface area contributed by atoms with Crippen LogP contribution in [0.2, 0.25) is 0 Å². The third kappa shape index (κ3) is 3.60. The molecule has 0 amide bonds. The molecule has 3 aromatic rings. The maximum absolute atomic E-state index is 13.1. The molecule has 2 aromatic heterocycles. The van der Waals surface area contributed by atoms with Gasteiger partial charge in [-0.1, -0.05) is 13.3 Å². The second-order valence-electron chi connectivity index (χ2n) is 8.33. The molecular formula is C24H28N4O2. The minimum atomic E-state index is -0.130. The zero-order valence-electron chi connectivity index (χ0n) is 17.5. The molecule has 1 aliphatic heterocycles. The highest BCUT2D eigenvalue weighted by atomic mass is 16.5. The molecule has 5 rings (SSSR count). The highest BCUT2D eigenvalue weighted by Gasteiger charge is 2.29. The summed E-state index contributed by atoms with van der Waals surface area (Å²) in [6.07, 6.45) is 8.85. The fourth-order valence-corrected chi connectivity index (χ4v) is 4.54. The van der Waals surface area contributed by atoms with Gasteiger partial charge < -0.3 is 9.64 Å². The van der Waals surface area contributed by atoms with Gasteiger partial charge in [0.1, 0.15) is 17.7 Å². The Labute approximate surface area is 176 Å². The number of piperidine rings is 1. The van der Waals surface area contributed by atoms with Gasteiger partial charge in [-0.05, 0) is 62.1 Å². The lowest BCUT2D eigenvalue weighted by molar-refractivity contribution is 0.0493. The molecule has 0 unspecified atom stereocenters. The predicted octanol–water partition coefficient (Wildman–Crippen LogP) is 3.74. The molecule has 6 nitrogen and oxygen atoms in total. The topological polar surface area (TPSA) is 60.3 Å². The van der Waals surface area contributed by atoms with E-state index in [4.69, 9.17) is 4.74 Å². The van der Waals surface area contributed by atoms with Crippen molar-refractivity contribution in [3.05, 3.63) is 58.8 Å². The van der Waals surface area contributed by atoms with Crippen LogP contribution in [0.5, 0.6) is 5.75 Å². The molecule has 0 N–H and O–H groups in total. The molecule has 0 bridgehead atoms. The number of hydrogen-bond acceptors (Lipinski definition) is 5. The van der Waals surface area contributed by atoms with Gasteiger partial charge >= 0.3 is 0 Å². The molecule has 1 aliphatic carbocycles. The largest absolute Gasteiger partial charge is 0.490 e. The minimum Gasteiger partial charge on any atom is -0.490 e. The van der Waals surface area contributed by atoms with E-state index >= 15 is 0 Å². The van der Waals surface area contributed by atoms with E-state index in [2.05, 4.69) is 14.9 Å². The average Bonchev–Trinajstić information content (AvgIpc) is 2.74. The van der Waals surface area contributed by atoms with E-state index in [-0.39, 0.29) is 11.7 Å². The fraction of sp³-hybridized carbons (Fsp3) is 0.458. The molecule has 156 valence electrons. The highest BCUT2D eigenvalue weighted by molar-refractivity contribution is 5.73. The van der Waals surface area contributed by atoms with E-state index < -0.39 is 0 Å². The number of fused-ring (bicyclic) bond motifs is 1. The van der Waals surface area contributed by atoms with Crippen molar-refractivity contribution in [2.24, 2.45) is 0 Å². The molecule has 1 saturated carbocycles. The van der Waals surface area contributed by atoms with Crippen LogP contribution < -0.4 is 10.3 Å². The van der Waals surface area contributed by atoms with Crippen LogP contribution in [0.15, 0.2) is 47.4 Å². The predicted molar refractivity (Wildman–Crippen MR) is 117 cm³/mol. The molecule has 1 saturated heterocycles. The van der Waals surface area contributed by atoms with Crippen molar-refractivity contribution in [1.29, 1.82) is 0 Å². The SMILES string of the molecule is CCc1nc2cccnc2c(=O)n1-c1ccc(OC2CCN(C3CCC3)CC2)cc1. The molecule has 3 heterocycles. The molecule has 2 aliphatic rings. The Morgan fingerprint density at radius 2 is 1.83 bits per heavy atom. The van der Waals surface area contributed by atoms with Crippen molar-refractivity contribution in [2.75, 3.05) is 13.1 Å². The number of rotatable bonds is 5. The average molecular weight is 405 g/mol. The van der Waals surface area contributed by atoms with Crippen LogP contribution in [0.3, 0.4) is 0 Å². The Balaban J connectivity index is 1.33. The van der Waals surface area contributed by atoms with Crippen LogP contribution in [0.1, 0.15) is 44.9 Å². The smallest absolute Gasteiger partial charge is 0.284 e. The van der Waals surface area contributed by atoms with E-state index in [0.717, 1.165) is 49.2 Å². The first-order valence-electron chi connectivity index (χ1n) is 11.1. The van der Waals surface area contributed by atoms with Crippen LogP contribution in [-0.2, 0) is 6.42 Å². The van der Waals surface area contributed by atoms with Crippen LogP contribution >= 0.6 is 0 Å². The number of likely N-dealkylation sites (tertiary alicyclic amines) is 1. The quantitative estimate of drug-likeness (QED) is 0.648. The molecule has 30 heavy (non-hydrogen) atoms. The highest BCUT2D eigenvalue weighted by Crippen LogP contribution is 2.28. The lowest BCUT2D eigenvalue weighted by atomic mass is 9.90. The van der Waals surface area contributed by atoms with Gasteiger partial charge in [0.25, 0.3) is 5.56 Å². The van der Waals surface area contributed by atoms with Gasteiger partial charge in [0.15, 0.2) is 5.52 Å². The van der Waals surface area contributed by atoms with Gasteiger partial charge in [-0.15, -0.1) is 0 Å². The number of pyridine rings is 1. The third-order valence-electron chi connectivity index (χ3n) is 6.48. The Hall–Kier alpha value is -2.73. The summed E-state index contributed by atoms with van der Waals surface area (Å²) < 4.78 is 7.90. The summed E-state index contributed by atoms with van der Waals surface area (Å²) >= 11 is 0. The van der Waals surface area contributed by atoms with E-state index in [1.54, 1.807) is 16.8 Å². The fourth-order valence-electron chi connectivity index (χ4n) is 4.54. The van der Waals surface area contributed by atoms with Crippen LogP contribution in [0.25, 0.3) is 16.7 Å². The van der Waals surface area contributed by atoms with Gasteiger partial charge in [-0.2, -0.15) is 0 Å². The Kier molecular flexibility index (Phi) is 5.25. The molecule has 1 aromatic carbocycles.